The van der Waals surface area contributed by atoms with E-state index in [1.54, 1.807) is 0 Å². The predicted molar refractivity (Wildman–Crippen MR) is 28.3 cm³/mol. The molecule has 0 aliphatic carbocycles. The summed E-state index contributed by atoms with van der Waals surface area (Å²) >= 11 is 0. The zero-order chi connectivity index (χ0) is 7.70. The minimum absolute atomic E-state index is 0.995. The van der Waals surface area contributed by atoms with Crippen molar-refractivity contribution in [3.05, 3.63) is 0 Å². The first kappa shape index (κ1) is 10.3. The van der Waals surface area contributed by atoms with Crippen LogP contribution < -0.4 is 5.32 Å². The molecule has 0 saturated carbocycles. The normalized spacial score (nSPS) is 4.78. The highest BCUT2D eigenvalue weighted by Gasteiger charge is 1.76. The second-order valence-corrected chi connectivity index (χ2v) is 0.779. The van der Waals surface area contributed by atoms with E-state index in [9.17, 15) is 4.79 Å². The van der Waals surface area contributed by atoms with E-state index in [-0.39, 0.29) is 0 Å². The molecule has 5 nitrogen and oxygen atoms in total. The lowest BCUT2D eigenvalue weighted by Crippen LogP contribution is -2.13. The molecule has 0 bridgehead atoms. The Morgan fingerprint density at radius 1 is 1.56 bits per heavy atom. The molecule has 0 atom stereocenters. The second-order valence-electron chi connectivity index (χ2n) is 0.779. The smallest absolute Gasteiger partial charge is 0.404 e. The Morgan fingerprint density at radius 2 is 1.78 bits per heavy atom. The van der Waals surface area contributed by atoms with Crippen LogP contribution in [-0.2, 0) is 0 Å². The van der Waals surface area contributed by atoms with Crippen LogP contribution in [-0.4, -0.2) is 18.2 Å². The number of hydrogen-bond donors (Lipinski definition) is 2. The van der Waals surface area contributed by atoms with Crippen LogP contribution in [0.5, 0.6) is 0 Å². The van der Waals surface area contributed by atoms with Crippen LogP contribution in [0.4, 0.5) is 4.79 Å². The van der Waals surface area contributed by atoms with Gasteiger partial charge in [0.1, 0.15) is 0 Å². The molecule has 0 unspecified atom stereocenters. The number of nitriles is 2. The molecule has 0 saturated heterocycles. The third-order valence-corrected chi connectivity index (χ3v) is 0.264. The molecule has 0 aliphatic rings. The maximum absolute atomic E-state index is 9.26. The summed E-state index contributed by atoms with van der Waals surface area (Å²) in [6.07, 6.45) is -0.995. The van der Waals surface area contributed by atoms with Gasteiger partial charge in [-0.25, -0.2) is 4.79 Å². The van der Waals surface area contributed by atoms with Crippen LogP contribution in [0.1, 0.15) is 0 Å². The highest BCUT2D eigenvalue weighted by molar-refractivity contribution is 5.63. The standard InChI is InChI=1S/C2N2.C2H5NO2/c3-1-2-4;1-3-2(4)5/h;3H,1H3,(H,4,5). The van der Waals surface area contributed by atoms with Crippen molar-refractivity contribution < 1.29 is 9.90 Å². The molecule has 0 spiro atoms. The highest BCUT2D eigenvalue weighted by atomic mass is 16.4. The van der Waals surface area contributed by atoms with E-state index in [4.69, 9.17) is 15.6 Å². The molecule has 0 aromatic carbocycles. The lowest BCUT2D eigenvalue weighted by atomic mass is 10.9. The maximum Gasteiger partial charge on any atom is 0.404 e. The molecule has 0 aromatic rings. The summed E-state index contributed by atoms with van der Waals surface area (Å²) < 4.78 is 0. The Balaban J connectivity index is 0. The van der Waals surface area contributed by atoms with Gasteiger partial charge in [-0.05, 0) is 0 Å². The summed E-state index contributed by atoms with van der Waals surface area (Å²) in [5.74, 6) is 0. The van der Waals surface area contributed by atoms with E-state index >= 15 is 0 Å². The lowest BCUT2D eigenvalue weighted by molar-refractivity contribution is 0.197. The Labute approximate surface area is 52.1 Å². The van der Waals surface area contributed by atoms with Gasteiger partial charge in [-0.3, -0.25) is 0 Å². The van der Waals surface area contributed by atoms with Gasteiger partial charge in [0.25, 0.3) is 0 Å². The van der Waals surface area contributed by atoms with Crippen molar-refractivity contribution in [3.8, 4) is 12.1 Å². The first-order valence-corrected chi connectivity index (χ1v) is 1.87. The number of carbonyl (C=O) groups is 1. The van der Waals surface area contributed by atoms with Crippen LogP contribution in [0, 0.1) is 22.7 Å². The molecule has 0 aromatic heterocycles. The minimum atomic E-state index is -0.995. The molecule has 48 valence electrons. The molecule has 2 N–H and O–H groups in total. The van der Waals surface area contributed by atoms with E-state index in [0.29, 0.717) is 0 Å². The van der Waals surface area contributed by atoms with Crippen LogP contribution in [0.2, 0.25) is 0 Å². The van der Waals surface area contributed by atoms with Crippen LogP contribution in [0.25, 0.3) is 0 Å². The molecule has 5 heteroatoms. The van der Waals surface area contributed by atoms with E-state index in [2.05, 4.69) is 0 Å². The summed E-state index contributed by atoms with van der Waals surface area (Å²) in [5.41, 5.74) is 0. The van der Waals surface area contributed by atoms with Gasteiger partial charge in [0.05, 0.1) is 0 Å². The Kier molecular flexibility index (Phi) is 10.9. The minimum Gasteiger partial charge on any atom is -0.465 e. The van der Waals surface area contributed by atoms with Crippen molar-refractivity contribution in [1.29, 1.82) is 10.5 Å². The van der Waals surface area contributed by atoms with Crippen molar-refractivity contribution in [2.75, 3.05) is 7.05 Å². The number of carboxylic acid groups (broad SMARTS) is 1. The summed E-state index contributed by atoms with van der Waals surface area (Å²) in [6.45, 7) is 0. The van der Waals surface area contributed by atoms with E-state index < -0.39 is 6.09 Å². The number of hydrogen-bond acceptors (Lipinski definition) is 3. The van der Waals surface area contributed by atoms with E-state index in [1.165, 1.54) is 19.2 Å². The SMILES string of the molecule is CNC(=O)O.N#CC#N. The van der Waals surface area contributed by atoms with Crippen LogP contribution in [0.3, 0.4) is 0 Å². The van der Waals surface area contributed by atoms with Gasteiger partial charge in [-0.1, -0.05) is 0 Å². The summed E-state index contributed by atoms with van der Waals surface area (Å²) in [7, 11) is 1.35. The van der Waals surface area contributed by atoms with E-state index in [0.717, 1.165) is 0 Å². The molecule has 0 rings (SSSR count). The van der Waals surface area contributed by atoms with Crippen molar-refractivity contribution in [2.45, 2.75) is 0 Å². The van der Waals surface area contributed by atoms with Gasteiger partial charge in [0.2, 0.25) is 0 Å². The topological polar surface area (TPSA) is 96.9 Å². The average Bonchev–Trinajstić information content (AvgIpc) is 1.89. The Morgan fingerprint density at radius 3 is 1.78 bits per heavy atom. The zero-order valence-electron chi connectivity index (χ0n) is 4.75. The molecule has 0 aliphatic heterocycles. The van der Waals surface area contributed by atoms with Crippen molar-refractivity contribution in [2.24, 2.45) is 0 Å². The highest BCUT2D eigenvalue weighted by Crippen LogP contribution is 1.45. The fourth-order valence-electron chi connectivity index (χ4n) is 0. The van der Waals surface area contributed by atoms with Crippen molar-refractivity contribution in [1.82, 2.24) is 5.32 Å². The Hall–Kier alpha value is -1.75. The molecular weight excluding hydrogens is 122 g/mol. The Bertz CT molecular complexity index is 140. The predicted octanol–water partition coefficient (Wildman–Crippen LogP) is -0.0826. The quantitative estimate of drug-likeness (QED) is 0.475. The molecule has 0 fully saturated rings. The molecular formula is C4H5N3O2. The number of amides is 1. The third-order valence-electron chi connectivity index (χ3n) is 0.264. The molecule has 0 radical (unpaired) electrons. The summed E-state index contributed by atoms with van der Waals surface area (Å²) in [6, 6.07) is 2.47. The maximum atomic E-state index is 9.26. The first-order chi connectivity index (χ1) is 4.18. The summed E-state index contributed by atoms with van der Waals surface area (Å²) in [5, 5.41) is 24.1. The fourth-order valence-corrected chi connectivity index (χ4v) is 0. The van der Waals surface area contributed by atoms with E-state index in [1.807, 2.05) is 5.32 Å². The largest absolute Gasteiger partial charge is 0.465 e. The monoisotopic (exact) mass is 127 g/mol. The van der Waals surface area contributed by atoms with Crippen LogP contribution >= 0.6 is 0 Å². The number of nitrogens with one attached hydrogen (secondary N) is 1. The van der Waals surface area contributed by atoms with Gasteiger partial charge in [0.15, 0.2) is 12.1 Å². The van der Waals surface area contributed by atoms with Crippen LogP contribution in [0.15, 0.2) is 0 Å². The average molecular weight is 127 g/mol. The fraction of sp³-hybridized carbons (Fsp3) is 0.250. The molecule has 9 heavy (non-hydrogen) atoms. The third kappa shape index (κ3) is 72.2. The van der Waals surface area contributed by atoms with Gasteiger partial charge in [0, 0.05) is 7.05 Å². The number of rotatable bonds is 0. The number of nitrogens with zero attached hydrogens (tertiary/aromatic N) is 2. The molecule has 1 amide bonds. The van der Waals surface area contributed by atoms with Crippen molar-refractivity contribution in [3.63, 3.8) is 0 Å². The van der Waals surface area contributed by atoms with Crippen molar-refractivity contribution >= 4 is 6.09 Å². The second kappa shape index (κ2) is 9.54. The van der Waals surface area contributed by atoms with Gasteiger partial charge in [-0.2, -0.15) is 10.5 Å². The van der Waals surface area contributed by atoms with Gasteiger partial charge in [-0.15, -0.1) is 0 Å². The van der Waals surface area contributed by atoms with Gasteiger partial charge < -0.3 is 10.4 Å². The van der Waals surface area contributed by atoms with Gasteiger partial charge >= 0.3 is 6.09 Å². The summed E-state index contributed by atoms with van der Waals surface area (Å²) in [4.78, 5) is 9.26. The first-order valence-electron chi connectivity index (χ1n) is 1.87. The lowest BCUT2D eigenvalue weighted by Gasteiger charge is -1.78. The zero-order valence-corrected chi connectivity index (χ0v) is 4.75. The molecule has 0 heterocycles.